The summed E-state index contributed by atoms with van der Waals surface area (Å²) < 4.78 is 27.6. The highest BCUT2D eigenvalue weighted by Crippen LogP contribution is 2.40. The van der Waals surface area contributed by atoms with Crippen molar-refractivity contribution in [1.29, 1.82) is 0 Å². The quantitative estimate of drug-likeness (QED) is 0.768. The number of likely N-dealkylation sites (tertiary alicyclic amines) is 1. The van der Waals surface area contributed by atoms with E-state index in [-0.39, 0.29) is 24.1 Å². The highest BCUT2D eigenvalue weighted by Gasteiger charge is 2.29. The van der Waals surface area contributed by atoms with Crippen molar-refractivity contribution in [3.63, 3.8) is 0 Å². The third-order valence-electron chi connectivity index (χ3n) is 5.44. The highest BCUT2D eigenvalue weighted by molar-refractivity contribution is 5.90. The largest absolute Gasteiger partial charge is 0.324 e. The molecule has 0 radical (unpaired) electrons. The van der Waals surface area contributed by atoms with Gasteiger partial charge in [0.2, 0.25) is 5.91 Å². The molecule has 1 N–H and O–H groups in total. The number of alkyl halides is 2. The van der Waals surface area contributed by atoms with Crippen LogP contribution in [-0.2, 0) is 17.9 Å². The predicted molar refractivity (Wildman–Crippen MR) is 103 cm³/mol. The number of anilines is 1. The summed E-state index contributed by atoms with van der Waals surface area (Å²) in [5.41, 5.74) is 2.36. The Balaban J connectivity index is 1.34. The molecule has 1 amide bonds. The first kappa shape index (κ1) is 19.1. The lowest BCUT2D eigenvalue weighted by Gasteiger charge is -2.26. The van der Waals surface area contributed by atoms with E-state index in [0.717, 1.165) is 37.2 Å². The van der Waals surface area contributed by atoms with Gasteiger partial charge in [-0.1, -0.05) is 18.6 Å². The Morgan fingerprint density at radius 1 is 1.14 bits per heavy atom. The Labute approximate surface area is 163 Å². The van der Waals surface area contributed by atoms with E-state index in [2.05, 4.69) is 15.3 Å². The molecule has 1 aromatic heterocycles. The third kappa shape index (κ3) is 4.76. The molecule has 1 saturated heterocycles. The topological polar surface area (TPSA) is 50.2 Å². The van der Waals surface area contributed by atoms with Crippen LogP contribution < -0.4 is 5.32 Å². The molecule has 2 aromatic rings. The average Bonchev–Trinajstić information content (AvgIpc) is 3.45. The number of hydrogen-bond acceptors (Lipinski definition) is 3. The molecule has 1 aliphatic carbocycles. The van der Waals surface area contributed by atoms with Gasteiger partial charge >= 0.3 is 0 Å². The van der Waals surface area contributed by atoms with Crippen molar-refractivity contribution in [1.82, 2.24) is 14.7 Å². The molecule has 1 saturated carbocycles. The first-order chi connectivity index (χ1) is 13.6. The molecule has 0 atom stereocenters. The van der Waals surface area contributed by atoms with Crippen LogP contribution in [0.15, 0.2) is 30.3 Å². The number of amides is 1. The fraction of sp³-hybridized carbons (Fsp3) is 0.524. The summed E-state index contributed by atoms with van der Waals surface area (Å²) in [4.78, 5) is 14.8. The second kappa shape index (κ2) is 8.39. The summed E-state index contributed by atoms with van der Waals surface area (Å²) >= 11 is 0. The first-order valence-corrected chi connectivity index (χ1v) is 10.1. The van der Waals surface area contributed by atoms with E-state index in [1.807, 2.05) is 24.3 Å². The smallest absolute Gasteiger partial charge is 0.280 e. The predicted octanol–water partition coefficient (Wildman–Crippen LogP) is 4.32. The summed E-state index contributed by atoms with van der Waals surface area (Å²) in [7, 11) is 0. The van der Waals surface area contributed by atoms with Crippen LogP contribution in [0.1, 0.15) is 61.4 Å². The Morgan fingerprint density at radius 2 is 1.86 bits per heavy atom. The van der Waals surface area contributed by atoms with Gasteiger partial charge in [-0.25, -0.2) is 8.78 Å². The fourth-order valence-electron chi connectivity index (χ4n) is 3.74. The summed E-state index contributed by atoms with van der Waals surface area (Å²) in [6.07, 6.45) is 3.15. The second-order valence-electron chi connectivity index (χ2n) is 7.81. The van der Waals surface area contributed by atoms with Gasteiger partial charge in [-0.3, -0.25) is 14.4 Å². The van der Waals surface area contributed by atoms with Crippen LogP contribution in [0.3, 0.4) is 0 Å². The van der Waals surface area contributed by atoms with E-state index in [4.69, 9.17) is 0 Å². The first-order valence-electron chi connectivity index (χ1n) is 10.1. The third-order valence-corrected chi connectivity index (χ3v) is 5.44. The van der Waals surface area contributed by atoms with Crippen LogP contribution >= 0.6 is 0 Å². The molecule has 5 nitrogen and oxygen atoms in total. The number of nitrogens with zero attached hydrogens (tertiary/aromatic N) is 3. The molecule has 0 spiro atoms. The standard InChI is InChI=1S/C21H26F2N4O/c22-21(23)19-12-18(16-6-7-16)25-27(19)14-20(28)24-17-8-4-15(5-9-17)13-26-10-2-1-3-11-26/h4-5,8-9,12,16,21H,1-3,6-7,10-11,13-14H2,(H,24,28). The molecule has 7 heteroatoms. The molecule has 0 bridgehead atoms. The van der Waals surface area contributed by atoms with E-state index >= 15 is 0 Å². The second-order valence-corrected chi connectivity index (χ2v) is 7.81. The van der Waals surface area contributed by atoms with Crippen LogP contribution in [0.2, 0.25) is 0 Å². The number of aromatic nitrogens is 2. The molecule has 0 unspecified atom stereocenters. The monoisotopic (exact) mass is 388 g/mol. The normalized spacial score (nSPS) is 17.8. The van der Waals surface area contributed by atoms with E-state index in [9.17, 15) is 13.6 Å². The van der Waals surface area contributed by atoms with Crippen molar-refractivity contribution in [2.45, 2.75) is 57.5 Å². The molecular formula is C21H26F2N4O. The van der Waals surface area contributed by atoms with Crippen molar-refractivity contribution in [2.24, 2.45) is 0 Å². The van der Waals surface area contributed by atoms with E-state index < -0.39 is 6.43 Å². The molecular weight excluding hydrogens is 362 g/mol. The maximum atomic E-state index is 13.2. The number of nitrogens with one attached hydrogen (secondary N) is 1. The average molecular weight is 388 g/mol. The van der Waals surface area contributed by atoms with Gasteiger partial charge in [0.15, 0.2) is 0 Å². The van der Waals surface area contributed by atoms with Gasteiger partial charge in [0, 0.05) is 18.2 Å². The fourth-order valence-corrected chi connectivity index (χ4v) is 3.74. The van der Waals surface area contributed by atoms with Crippen molar-refractivity contribution in [3.8, 4) is 0 Å². The lowest BCUT2D eigenvalue weighted by Crippen LogP contribution is -2.29. The maximum absolute atomic E-state index is 13.2. The lowest BCUT2D eigenvalue weighted by molar-refractivity contribution is -0.117. The van der Waals surface area contributed by atoms with Gasteiger partial charge < -0.3 is 5.32 Å². The zero-order chi connectivity index (χ0) is 19.5. The highest BCUT2D eigenvalue weighted by atomic mass is 19.3. The zero-order valence-corrected chi connectivity index (χ0v) is 15.9. The van der Waals surface area contributed by atoms with Crippen LogP contribution in [0.4, 0.5) is 14.5 Å². The number of carbonyl (C=O) groups excluding carboxylic acids is 1. The molecule has 2 heterocycles. The molecule has 28 heavy (non-hydrogen) atoms. The number of carbonyl (C=O) groups is 1. The van der Waals surface area contributed by atoms with Gasteiger partial charge in [0.05, 0.1) is 5.69 Å². The van der Waals surface area contributed by atoms with Gasteiger partial charge in [-0.2, -0.15) is 5.10 Å². The van der Waals surface area contributed by atoms with Crippen molar-refractivity contribution in [2.75, 3.05) is 18.4 Å². The minimum absolute atomic E-state index is 0.186. The number of hydrogen-bond donors (Lipinski definition) is 1. The van der Waals surface area contributed by atoms with Crippen LogP contribution in [-0.4, -0.2) is 33.7 Å². The summed E-state index contributed by atoms with van der Waals surface area (Å²) in [5.74, 6) is -0.0783. The van der Waals surface area contributed by atoms with Gasteiger partial charge in [-0.05, 0) is 62.5 Å². The molecule has 2 fully saturated rings. The summed E-state index contributed by atoms with van der Waals surface area (Å²) in [6, 6.07) is 9.18. The van der Waals surface area contributed by atoms with E-state index in [1.165, 1.54) is 30.9 Å². The zero-order valence-electron chi connectivity index (χ0n) is 15.9. The summed E-state index contributed by atoms with van der Waals surface area (Å²) in [5, 5.41) is 7.01. The Kier molecular flexibility index (Phi) is 5.71. The lowest BCUT2D eigenvalue weighted by atomic mass is 10.1. The Morgan fingerprint density at radius 3 is 2.50 bits per heavy atom. The van der Waals surface area contributed by atoms with Gasteiger partial charge in [0.25, 0.3) is 6.43 Å². The maximum Gasteiger partial charge on any atom is 0.280 e. The minimum atomic E-state index is -2.64. The minimum Gasteiger partial charge on any atom is -0.324 e. The van der Waals surface area contributed by atoms with Crippen molar-refractivity contribution in [3.05, 3.63) is 47.3 Å². The summed E-state index contributed by atoms with van der Waals surface area (Å²) in [6.45, 7) is 2.99. The molecule has 4 rings (SSSR count). The number of halogens is 2. The molecule has 2 aliphatic rings. The van der Waals surface area contributed by atoms with E-state index in [0.29, 0.717) is 11.4 Å². The molecule has 1 aromatic carbocycles. The number of rotatable bonds is 7. The molecule has 1 aliphatic heterocycles. The Bertz CT molecular complexity index is 808. The van der Waals surface area contributed by atoms with Crippen molar-refractivity contribution >= 4 is 11.6 Å². The van der Waals surface area contributed by atoms with E-state index in [1.54, 1.807) is 0 Å². The van der Waals surface area contributed by atoms with Crippen LogP contribution in [0.25, 0.3) is 0 Å². The van der Waals surface area contributed by atoms with Gasteiger partial charge in [0.1, 0.15) is 12.2 Å². The van der Waals surface area contributed by atoms with Gasteiger partial charge in [-0.15, -0.1) is 0 Å². The van der Waals surface area contributed by atoms with Crippen LogP contribution in [0, 0.1) is 0 Å². The Hall–Kier alpha value is -2.28. The molecule has 150 valence electrons. The SMILES string of the molecule is O=C(Cn1nc(C2CC2)cc1C(F)F)Nc1ccc(CN2CCCCC2)cc1. The van der Waals surface area contributed by atoms with Crippen LogP contribution in [0.5, 0.6) is 0 Å². The number of piperidine rings is 1. The van der Waals surface area contributed by atoms with Crippen molar-refractivity contribution < 1.29 is 13.6 Å². The number of benzene rings is 1.